The minimum absolute atomic E-state index is 0.149. The van der Waals surface area contributed by atoms with Crippen molar-refractivity contribution in [2.24, 2.45) is 0 Å². The fraction of sp³-hybridized carbons (Fsp3) is 0.350. The predicted molar refractivity (Wildman–Crippen MR) is 103 cm³/mol. The van der Waals surface area contributed by atoms with E-state index in [-0.39, 0.29) is 10.8 Å². The van der Waals surface area contributed by atoms with E-state index < -0.39 is 16.1 Å². The largest absolute Gasteiger partial charge is 0.378 e. The highest BCUT2D eigenvalue weighted by Gasteiger charge is 2.31. The van der Waals surface area contributed by atoms with E-state index in [1.807, 2.05) is 13.0 Å². The topological polar surface area (TPSA) is 75.7 Å². The molecule has 0 aromatic heterocycles. The summed E-state index contributed by atoms with van der Waals surface area (Å²) in [5.41, 5.74) is 1.67. The maximum atomic E-state index is 13.1. The van der Waals surface area contributed by atoms with Gasteiger partial charge in [-0.25, -0.2) is 8.42 Å². The van der Waals surface area contributed by atoms with Gasteiger partial charge in [0.25, 0.3) is 0 Å². The van der Waals surface area contributed by atoms with Gasteiger partial charge in [-0.3, -0.25) is 4.79 Å². The normalized spacial score (nSPS) is 16.1. The maximum Gasteiger partial charge on any atom is 0.245 e. The van der Waals surface area contributed by atoms with Gasteiger partial charge in [0.1, 0.15) is 6.04 Å². The molecule has 0 unspecified atom stereocenters. The van der Waals surface area contributed by atoms with Crippen molar-refractivity contribution in [2.45, 2.75) is 24.3 Å². The van der Waals surface area contributed by atoms with E-state index in [4.69, 9.17) is 4.74 Å². The Morgan fingerprint density at radius 2 is 1.70 bits per heavy atom. The van der Waals surface area contributed by atoms with Crippen molar-refractivity contribution < 1.29 is 17.9 Å². The molecular weight excluding hydrogens is 364 g/mol. The van der Waals surface area contributed by atoms with Crippen molar-refractivity contribution in [2.75, 3.05) is 26.3 Å². The van der Waals surface area contributed by atoms with E-state index in [0.29, 0.717) is 31.9 Å². The number of morpholine rings is 1. The number of sulfonamides is 1. The summed E-state index contributed by atoms with van der Waals surface area (Å²) >= 11 is 0. The monoisotopic (exact) mass is 388 g/mol. The van der Waals surface area contributed by atoms with Gasteiger partial charge < -0.3 is 9.64 Å². The van der Waals surface area contributed by atoms with Crippen LogP contribution in [-0.4, -0.2) is 45.5 Å². The molecule has 1 aliphatic heterocycles. The first-order chi connectivity index (χ1) is 13.0. The van der Waals surface area contributed by atoms with Gasteiger partial charge in [0.05, 0.1) is 18.1 Å². The summed E-state index contributed by atoms with van der Waals surface area (Å²) in [6.45, 7) is 3.83. The number of hydrogen-bond donors (Lipinski definition) is 1. The molecule has 1 saturated heterocycles. The highest BCUT2D eigenvalue weighted by Crippen LogP contribution is 2.21. The van der Waals surface area contributed by atoms with Crippen molar-refractivity contribution in [3.8, 4) is 0 Å². The van der Waals surface area contributed by atoms with Crippen molar-refractivity contribution in [3.63, 3.8) is 0 Å². The number of carbonyl (C=O) groups excluding carboxylic acids is 1. The number of amides is 1. The minimum atomic E-state index is -3.85. The molecule has 144 valence electrons. The molecule has 1 aliphatic rings. The number of aryl methyl sites for hydroxylation is 1. The van der Waals surface area contributed by atoms with E-state index in [2.05, 4.69) is 4.72 Å². The van der Waals surface area contributed by atoms with Crippen LogP contribution in [0.1, 0.15) is 24.1 Å². The van der Waals surface area contributed by atoms with Crippen LogP contribution < -0.4 is 4.72 Å². The Balaban J connectivity index is 1.89. The summed E-state index contributed by atoms with van der Waals surface area (Å²) in [5.74, 6) is -0.266. The number of benzene rings is 2. The third kappa shape index (κ3) is 4.74. The molecule has 1 N–H and O–H groups in total. The highest BCUT2D eigenvalue weighted by molar-refractivity contribution is 7.89. The highest BCUT2D eigenvalue weighted by atomic mass is 32.2. The van der Waals surface area contributed by atoms with E-state index in [9.17, 15) is 13.2 Å². The van der Waals surface area contributed by atoms with Crippen LogP contribution in [0.4, 0.5) is 0 Å². The van der Waals surface area contributed by atoms with Gasteiger partial charge in [-0.2, -0.15) is 4.72 Å². The molecule has 1 amide bonds. The summed E-state index contributed by atoms with van der Waals surface area (Å²) in [7, 11) is -3.85. The van der Waals surface area contributed by atoms with Crippen LogP contribution in [0.25, 0.3) is 0 Å². The molecule has 7 heteroatoms. The Kier molecular flexibility index (Phi) is 6.26. The fourth-order valence-corrected chi connectivity index (χ4v) is 4.18. The average molecular weight is 388 g/mol. The number of carbonyl (C=O) groups is 1. The molecule has 0 spiro atoms. The SMILES string of the molecule is CCc1ccc(S(=O)(=O)N[C@H](C(=O)N2CCOCC2)c2ccccc2)cc1. The summed E-state index contributed by atoms with van der Waals surface area (Å²) in [5, 5.41) is 0. The first-order valence-electron chi connectivity index (χ1n) is 9.04. The smallest absolute Gasteiger partial charge is 0.245 e. The first-order valence-corrected chi connectivity index (χ1v) is 10.5. The Labute approximate surface area is 160 Å². The lowest BCUT2D eigenvalue weighted by molar-refractivity contribution is -0.137. The summed E-state index contributed by atoms with van der Waals surface area (Å²) in [4.78, 5) is 14.8. The molecule has 0 bridgehead atoms. The third-order valence-corrected chi connectivity index (χ3v) is 6.06. The van der Waals surface area contributed by atoms with Crippen molar-refractivity contribution in [1.29, 1.82) is 0 Å². The molecular formula is C20H24N2O4S. The number of hydrogen-bond acceptors (Lipinski definition) is 4. The molecule has 2 aromatic carbocycles. The van der Waals surface area contributed by atoms with Crippen LogP contribution in [0.3, 0.4) is 0 Å². The maximum absolute atomic E-state index is 13.1. The molecule has 1 heterocycles. The Morgan fingerprint density at radius 1 is 1.07 bits per heavy atom. The van der Waals surface area contributed by atoms with Crippen molar-refractivity contribution in [1.82, 2.24) is 9.62 Å². The number of rotatable bonds is 6. The van der Waals surface area contributed by atoms with E-state index >= 15 is 0 Å². The van der Waals surface area contributed by atoms with Gasteiger partial charge in [-0.05, 0) is 29.7 Å². The standard InChI is InChI=1S/C20H24N2O4S/c1-2-16-8-10-18(11-9-16)27(24,25)21-19(17-6-4-3-5-7-17)20(23)22-12-14-26-15-13-22/h3-11,19,21H,2,12-15H2,1H3/t19-/m0/s1. The zero-order valence-electron chi connectivity index (χ0n) is 15.3. The average Bonchev–Trinajstić information content (AvgIpc) is 2.73. The van der Waals surface area contributed by atoms with E-state index in [1.54, 1.807) is 53.4 Å². The van der Waals surface area contributed by atoms with Crippen LogP contribution >= 0.6 is 0 Å². The molecule has 0 saturated carbocycles. The van der Waals surface area contributed by atoms with Crippen LogP contribution in [0.5, 0.6) is 0 Å². The van der Waals surface area contributed by atoms with Gasteiger partial charge in [0, 0.05) is 13.1 Å². The Morgan fingerprint density at radius 3 is 2.30 bits per heavy atom. The second-order valence-electron chi connectivity index (χ2n) is 6.40. The number of nitrogens with zero attached hydrogens (tertiary/aromatic N) is 1. The van der Waals surface area contributed by atoms with Crippen LogP contribution in [0.15, 0.2) is 59.5 Å². The van der Waals surface area contributed by atoms with Gasteiger partial charge in [0.2, 0.25) is 15.9 Å². The number of nitrogens with one attached hydrogen (secondary N) is 1. The van der Waals surface area contributed by atoms with Gasteiger partial charge >= 0.3 is 0 Å². The second-order valence-corrected chi connectivity index (χ2v) is 8.11. The van der Waals surface area contributed by atoms with Gasteiger partial charge in [0.15, 0.2) is 0 Å². The summed E-state index contributed by atoms with van der Waals surface area (Å²) < 4.78 is 33.7. The van der Waals surface area contributed by atoms with Crippen LogP contribution in [0.2, 0.25) is 0 Å². The molecule has 1 fully saturated rings. The van der Waals surface area contributed by atoms with Gasteiger partial charge in [-0.15, -0.1) is 0 Å². The summed E-state index contributed by atoms with van der Waals surface area (Å²) in [6.07, 6.45) is 0.829. The van der Waals surface area contributed by atoms with Crippen molar-refractivity contribution >= 4 is 15.9 Å². The van der Waals surface area contributed by atoms with Gasteiger partial charge in [-0.1, -0.05) is 49.4 Å². The Hall–Kier alpha value is -2.22. The van der Waals surface area contributed by atoms with E-state index in [1.165, 1.54) is 0 Å². The molecule has 27 heavy (non-hydrogen) atoms. The molecule has 6 nitrogen and oxygen atoms in total. The molecule has 0 radical (unpaired) electrons. The quantitative estimate of drug-likeness (QED) is 0.823. The lowest BCUT2D eigenvalue weighted by Crippen LogP contribution is -2.47. The summed E-state index contributed by atoms with van der Waals surface area (Å²) in [6, 6.07) is 14.7. The zero-order chi connectivity index (χ0) is 19.3. The van der Waals surface area contributed by atoms with E-state index in [0.717, 1.165) is 12.0 Å². The minimum Gasteiger partial charge on any atom is -0.378 e. The lowest BCUT2D eigenvalue weighted by Gasteiger charge is -2.30. The fourth-order valence-electron chi connectivity index (χ4n) is 3.00. The molecule has 0 aliphatic carbocycles. The third-order valence-electron chi connectivity index (χ3n) is 4.62. The second kappa shape index (κ2) is 8.65. The van der Waals surface area contributed by atoms with Crippen molar-refractivity contribution in [3.05, 3.63) is 65.7 Å². The van der Waals surface area contributed by atoms with Crippen LogP contribution in [0, 0.1) is 0 Å². The lowest BCUT2D eigenvalue weighted by atomic mass is 10.1. The first kappa shape index (κ1) is 19.5. The van der Waals surface area contributed by atoms with Crippen LogP contribution in [-0.2, 0) is 26.0 Å². The predicted octanol–water partition coefficient (Wildman–Crippen LogP) is 2.13. The molecule has 2 aromatic rings. The molecule has 3 rings (SSSR count). The Bertz CT molecular complexity index is 861. The number of ether oxygens (including phenoxy) is 1. The molecule has 1 atom stereocenters. The zero-order valence-corrected chi connectivity index (χ0v) is 16.1.